The second-order valence-electron chi connectivity index (χ2n) is 2.67. The topological polar surface area (TPSA) is 3.88 Å². The molecule has 1 aromatic heterocycles. The van der Waals surface area contributed by atoms with E-state index in [9.17, 15) is 0 Å². The Balaban J connectivity index is 3.07. The summed E-state index contributed by atoms with van der Waals surface area (Å²) in [4.78, 5) is 0. The molecule has 0 unspecified atom stereocenters. The Morgan fingerprint density at radius 3 is 2.70 bits per heavy atom. The normalized spacial score (nSPS) is 9.90. The number of hydrogen-bond donors (Lipinski definition) is 0. The molecule has 0 amide bonds. The van der Waals surface area contributed by atoms with E-state index in [1.54, 1.807) is 0 Å². The van der Waals surface area contributed by atoms with Gasteiger partial charge in [-0.05, 0) is 18.9 Å². The summed E-state index contributed by atoms with van der Waals surface area (Å²) in [5.41, 5.74) is 2.82. The highest BCUT2D eigenvalue weighted by Crippen LogP contribution is 2.03. The number of rotatable bonds is 1. The molecule has 0 aliphatic heterocycles. The molecule has 0 aromatic carbocycles. The third-order valence-corrected chi connectivity index (χ3v) is 1.80. The van der Waals surface area contributed by atoms with E-state index in [1.807, 2.05) is 7.05 Å². The summed E-state index contributed by atoms with van der Waals surface area (Å²) in [6, 6.07) is 2.18. The molecule has 0 saturated carbocycles. The third kappa shape index (κ3) is 1.35. The molecule has 0 radical (unpaired) electrons. The van der Waals surface area contributed by atoms with Crippen molar-refractivity contribution in [3.8, 4) is 0 Å². The second-order valence-corrected chi connectivity index (χ2v) is 2.67. The molecule has 0 saturated heterocycles. The minimum absolute atomic E-state index is 1.13. The molecule has 0 N–H and O–H groups in total. The first-order valence-corrected chi connectivity index (χ1v) is 3.68. The van der Waals surface area contributed by atoms with Crippen LogP contribution in [0.1, 0.15) is 18.1 Å². The lowest BCUT2D eigenvalue weighted by Crippen LogP contribution is -2.27. The summed E-state index contributed by atoms with van der Waals surface area (Å²) >= 11 is 0. The minimum atomic E-state index is 1.13. The fourth-order valence-corrected chi connectivity index (χ4v) is 1.17. The van der Waals surface area contributed by atoms with E-state index in [1.165, 1.54) is 11.1 Å². The van der Waals surface area contributed by atoms with E-state index in [-0.39, 0.29) is 0 Å². The largest absolute Gasteiger partial charge is 0.208 e. The number of nitrogens with zero attached hydrogens (tertiary/aromatic N) is 1. The lowest BCUT2D eigenvalue weighted by Gasteiger charge is -1.97. The number of aryl methyl sites for hydroxylation is 3. The monoisotopic (exact) mass is 136 g/mol. The van der Waals surface area contributed by atoms with E-state index in [0.717, 1.165) is 6.42 Å². The Morgan fingerprint density at radius 2 is 2.20 bits per heavy atom. The lowest BCUT2D eigenvalue weighted by atomic mass is 10.1. The standard InChI is InChI=1S/C9H14N/c1-4-9-5-6-10(3)7-8(9)2/h5-7H,4H2,1-3H3/q+1. The highest BCUT2D eigenvalue weighted by molar-refractivity contribution is 5.18. The van der Waals surface area contributed by atoms with Gasteiger partial charge in [-0.25, -0.2) is 4.57 Å². The molecule has 10 heavy (non-hydrogen) atoms. The van der Waals surface area contributed by atoms with Crippen molar-refractivity contribution in [3.05, 3.63) is 29.6 Å². The van der Waals surface area contributed by atoms with Crippen LogP contribution < -0.4 is 4.57 Å². The van der Waals surface area contributed by atoms with Crippen LogP contribution in [-0.4, -0.2) is 0 Å². The van der Waals surface area contributed by atoms with Crippen LogP contribution in [0.25, 0.3) is 0 Å². The van der Waals surface area contributed by atoms with Gasteiger partial charge in [-0.3, -0.25) is 0 Å². The van der Waals surface area contributed by atoms with Gasteiger partial charge in [0.15, 0.2) is 12.4 Å². The fourth-order valence-electron chi connectivity index (χ4n) is 1.17. The van der Waals surface area contributed by atoms with Gasteiger partial charge in [-0.2, -0.15) is 0 Å². The van der Waals surface area contributed by atoms with Crippen LogP contribution in [0.3, 0.4) is 0 Å². The van der Waals surface area contributed by atoms with Gasteiger partial charge >= 0.3 is 0 Å². The molecule has 0 aliphatic rings. The molecule has 1 aromatic rings. The molecule has 0 bridgehead atoms. The van der Waals surface area contributed by atoms with Crippen molar-refractivity contribution in [1.82, 2.24) is 0 Å². The van der Waals surface area contributed by atoms with Crippen molar-refractivity contribution in [2.24, 2.45) is 7.05 Å². The van der Waals surface area contributed by atoms with Crippen molar-refractivity contribution in [2.45, 2.75) is 20.3 Å². The maximum absolute atomic E-state index is 2.18. The average molecular weight is 136 g/mol. The molecular formula is C9H14N+. The Labute approximate surface area is 62.3 Å². The van der Waals surface area contributed by atoms with Crippen LogP contribution in [0.4, 0.5) is 0 Å². The summed E-state index contributed by atoms with van der Waals surface area (Å²) in [5, 5.41) is 0. The summed E-state index contributed by atoms with van der Waals surface area (Å²) in [6.07, 6.45) is 5.37. The number of hydrogen-bond acceptors (Lipinski definition) is 0. The Bertz CT molecular complexity index is 228. The minimum Gasteiger partial charge on any atom is -0.208 e. The van der Waals surface area contributed by atoms with E-state index in [4.69, 9.17) is 0 Å². The van der Waals surface area contributed by atoms with Crippen LogP contribution in [0.2, 0.25) is 0 Å². The second kappa shape index (κ2) is 2.82. The highest BCUT2D eigenvalue weighted by atomic mass is 14.9. The van der Waals surface area contributed by atoms with Crippen LogP contribution in [-0.2, 0) is 13.5 Å². The number of aromatic nitrogens is 1. The molecule has 0 spiro atoms. The molecule has 54 valence electrons. The van der Waals surface area contributed by atoms with Gasteiger partial charge in [0.2, 0.25) is 0 Å². The SMILES string of the molecule is CCc1cc[n+](C)cc1C. The van der Waals surface area contributed by atoms with Crippen LogP contribution >= 0.6 is 0 Å². The zero-order chi connectivity index (χ0) is 7.56. The van der Waals surface area contributed by atoms with E-state index in [0.29, 0.717) is 0 Å². The number of pyridine rings is 1. The van der Waals surface area contributed by atoms with Crippen molar-refractivity contribution in [2.75, 3.05) is 0 Å². The van der Waals surface area contributed by atoms with Gasteiger partial charge < -0.3 is 0 Å². The molecule has 0 fully saturated rings. The quantitative estimate of drug-likeness (QED) is 0.513. The van der Waals surface area contributed by atoms with E-state index >= 15 is 0 Å². The summed E-state index contributed by atoms with van der Waals surface area (Å²) < 4.78 is 2.08. The average Bonchev–Trinajstić information content (AvgIpc) is 1.88. The van der Waals surface area contributed by atoms with Gasteiger partial charge in [-0.15, -0.1) is 0 Å². The van der Waals surface area contributed by atoms with E-state index < -0.39 is 0 Å². The van der Waals surface area contributed by atoms with Crippen molar-refractivity contribution >= 4 is 0 Å². The molecule has 1 heteroatoms. The predicted octanol–water partition coefficient (Wildman–Crippen LogP) is 1.38. The predicted molar refractivity (Wildman–Crippen MR) is 41.7 cm³/mol. The molecule has 1 heterocycles. The summed E-state index contributed by atoms with van der Waals surface area (Å²) in [5.74, 6) is 0. The summed E-state index contributed by atoms with van der Waals surface area (Å²) in [7, 11) is 2.05. The Hall–Kier alpha value is -0.850. The summed E-state index contributed by atoms with van der Waals surface area (Å²) in [6.45, 7) is 4.33. The maximum Gasteiger partial charge on any atom is 0.171 e. The van der Waals surface area contributed by atoms with Crippen LogP contribution in [0.15, 0.2) is 18.5 Å². The first-order valence-electron chi connectivity index (χ1n) is 3.68. The zero-order valence-corrected chi connectivity index (χ0v) is 6.89. The first-order chi connectivity index (χ1) is 4.74. The van der Waals surface area contributed by atoms with Gasteiger partial charge in [0, 0.05) is 11.6 Å². The Morgan fingerprint density at radius 1 is 1.50 bits per heavy atom. The zero-order valence-electron chi connectivity index (χ0n) is 6.89. The van der Waals surface area contributed by atoms with Gasteiger partial charge in [-0.1, -0.05) is 6.92 Å². The van der Waals surface area contributed by atoms with Crippen molar-refractivity contribution < 1.29 is 4.57 Å². The fraction of sp³-hybridized carbons (Fsp3) is 0.444. The van der Waals surface area contributed by atoms with Gasteiger partial charge in [0.25, 0.3) is 0 Å². The molecule has 1 nitrogen and oxygen atoms in total. The molecule has 1 rings (SSSR count). The van der Waals surface area contributed by atoms with Crippen LogP contribution in [0.5, 0.6) is 0 Å². The molecular weight excluding hydrogens is 122 g/mol. The van der Waals surface area contributed by atoms with Gasteiger partial charge in [0.05, 0.1) is 0 Å². The van der Waals surface area contributed by atoms with Crippen molar-refractivity contribution in [3.63, 3.8) is 0 Å². The third-order valence-electron chi connectivity index (χ3n) is 1.80. The first kappa shape index (κ1) is 7.26. The maximum atomic E-state index is 2.18. The van der Waals surface area contributed by atoms with Crippen molar-refractivity contribution in [1.29, 1.82) is 0 Å². The van der Waals surface area contributed by atoms with Gasteiger partial charge in [0.1, 0.15) is 7.05 Å². The smallest absolute Gasteiger partial charge is 0.171 e. The Kier molecular flexibility index (Phi) is 2.05. The highest BCUT2D eigenvalue weighted by Gasteiger charge is 1.98. The molecule has 0 aliphatic carbocycles. The lowest BCUT2D eigenvalue weighted by molar-refractivity contribution is -0.671. The molecule has 0 atom stereocenters. The van der Waals surface area contributed by atoms with Crippen LogP contribution in [0, 0.1) is 6.92 Å². The van der Waals surface area contributed by atoms with E-state index in [2.05, 4.69) is 36.9 Å².